The molecule has 0 heterocycles. The summed E-state index contributed by atoms with van der Waals surface area (Å²) in [5, 5.41) is 4.15. The molecule has 1 aromatic carbocycles. The number of ether oxygens (including phenoxy) is 1. The van der Waals surface area contributed by atoms with E-state index in [1.54, 1.807) is 13.2 Å². The third kappa shape index (κ3) is 2.88. The van der Waals surface area contributed by atoms with Gasteiger partial charge < -0.3 is 15.8 Å². The summed E-state index contributed by atoms with van der Waals surface area (Å²) in [6.45, 7) is 0.811. The Balaban J connectivity index is 1.81. The van der Waals surface area contributed by atoms with Gasteiger partial charge in [-0.2, -0.15) is 0 Å². The van der Waals surface area contributed by atoms with Gasteiger partial charge in [0.25, 0.3) is 0 Å². The molecule has 0 spiro atoms. The van der Waals surface area contributed by atoms with E-state index < -0.39 is 0 Å². The molecule has 0 radical (unpaired) electrons. The minimum absolute atomic E-state index is 0.432. The fourth-order valence-corrected chi connectivity index (χ4v) is 2.23. The zero-order valence-corrected chi connectivity index (χ0v) is 10.1. The Morgan fingerprint density at radius 3 is 2.81 bits per heavy atom. The molecule has 1 aliphatic rings. The maximum absolute atomic E-state index is 5.93. The molecule has 0 atom stereocenters. The van der Waals surface area contributed by atoms with E-state index in [0.717, 1.165) is 24.9 Å². The van der Waals surface area contributed by atoms with Crippen LogP contribution < -0.4 is 11.1 Å². The van der Waals surface area contributed by atoms with Crippen molar-refractivity contribution in [3.8, 4) is 0 Å². The lowest BCUT2D eigenvalue weighted by molar-refractivity contribution is 0.0170. The van der Waals surface area contributed by atoms with Gasteiger partial charge in [-0.25, -0.2) is 0 Å². The summed E-state index contributed by atoms with van der Waals surface area (Å²) in [5.41, 5.74) is 7.57. The van der Waals surface area contributed by atoms with Crippen LogP contribution in [0, 0.1) is 0 Å². The van der Waals surface area contributed by atoms with E-state index in [-0.39, 0.29) is 0 Å². The van der Waals surface area contributed by atoms with Crippen LogP contribution in [0.2, 0.25) is 5.02 Å². The molecule has 0 unspecified atom stereocenters. The van der Waals surface area contributed by atoms with E-state index in [0.29, 0.717) is 22.9 Å². The summed E-state index contributed by atoms with van der Waals surface area (Å²) >= 11 is 5.93. The van der Waals surface area contributed by atoms with Crippen LogP contribution in [-0.4, -0.2) is 19.3 Å². The summed E-state index contributed by atoms with van der Waals surface area (Å²) in [6.07, 6.45) is 2.61. The van der Waals surface area contributed by atoms with Crippen LogP contribution in [-0.2, 0) is 11.3 Å². The van der Waals surface area contributed by atoms with Crippen molar-refractivity contribution in [2.24, 2.45) is 0 Å². The quantitative estimate of drug-likeness (QED) is 0.794. The van der Waals surface area contributed by atoms with Crippen molar-refractivity contribution in [2.45, 2.75) is 31.5 Å². The van der Waals surface area contributed by atoms with Crippen LogP contribution in [0.4, 0.5) is 5.69 Å². The Kier molecular flexibility index (Phi) is 3.69. The van der Waals surface area contributed by atoms with Crippen molar-refractivity contribution in [2.75, 3.05) is 12.8 Å². The molecule has 1 aromatic rings. The molecular formula is C12H17ClN2O. The monoisotopic (exact) mass is 240 g/mol. The fraction of sp³-hybridized carbons (Fsp3) is 0.500. The lowest BCUT2D eigenvalue weighted by atomic mass is 9.89. The minimum atomic E-state index is 0.432. The van der Waals surface area contributed by atoms with Gasteiger partial charge >= 0.3 is 0 Å². The van der Waals surface area contributed by atoms with E-state index in [2.05, 4.69) is 5.32 Å². The van der Waals surface area contributed by atoms with Crippen molar-refractivity contribution in [3.63, 3.8) is 0 Å². The van der Waals surface area contributed by atoms with Crippen molar-refractivity contribution < 1.29 is 4.74 Å². The number of benzene rings is 1. The Hall–Kier alpha value is -0.770. The van der Waals surface area contributed by atoms with E-state index >= 15 is 0 Å². The zero-order chi connectivity index (χ0) is 11.5. The van der Waals surface area contributed by atoms with Crippen LogP contribution in [0.3, 0.4) is 0 Å². The number of nitrogen functional groups attached to an aromatic ring is 1. The molecule has 3 N–H and O–H groups in total. The van der Waals surface area contributed by atoms with Gasteiger partial charge in [0.2, 0.25) is 0 Å². The maximum Gasteiger partial charge on any atom is 0.0601 e. The van der Waals surface area contributed by atoms with Crippen LogP contribution >= 0.6 is 11.6 Å². The first-order valence-corrected chi connectivity index (χ1v) is 5.86. The van der Waals surface area contributed by atoms with Crippen LogP contribution in [0.5, 0.6) is 0 Å². The summed E-state index contributed by atoms with van der Waals surface area (Å²) in [6, 6.07) is 6.21. The molecule has 0 bridgehead atoms. The second kappa shape index (κ2) is 5.04. The molecule has 3 nitrogen and oxygen atoms in total. The SMILES string of the molecule is COC1CC(NCc2cc(N)cc(Cl)c2)C1. The van der Waals surface area contributed by atoms with Gasteiger partial charge in [-0.05, 0) is 36.6 Å². The summed E-state index contributed by atoms with van der Waals surface area (Å²) < 4.78 is 5.23. The highest BCUT2D eigenvalue weighted by Gasteiger charge is 2.28. The predicted molar refractivity (Wildman–Crippen MR) is 66.5 cm³/mol. The summed E-state index contributed by atoms with van der Waals surface area (Å²) in [7, 11) is 1.76. The molecular weight excluding hydrogens is 224 g/mol. The van der Waals surface area contributed by atoms with E-state index in [1.807, 2.05) is 12.1 Å². The van der Waals surface area contributed by atoms with Crippen LogP contribution in [0.25, 0.3) is 0 Å². The number of rotatable bonds is 4. The lowest BCUT2D eigenvalue weighted by Crippen LogP contribution is -2.44. The van der Waals surface area contributed by atoms with Gasteiger partial charge in [-0.3, -0.25) is 0 Å². The smallest absolute Gasteiger partial charge is 0.0601 e. The number of nitrogens with one attached hydrogen (secondary N) is 1. The zero-order valence-electron chi connectivity index (χ0n) is 9.37. The first-order valence-electron chi connectivity index (χ1n) is 5.48. The third-order valence-electron chi connectivity index (χ3n) is 3.00. The van der Waals surface area contributed by atoms with Crippen molar-refractivity contribution >= 4 is 17.3 Å². The van der Waals surface area contributed by atoms with Crippen LogP contribution in [0.1, 0.15) is 18.4 Å². The molecule has 16 heavy (non-hydrogen) atoms. The molecule has 0 aliphatic heterocycles. The normalized spacial score (nSPS) is 24.1. The molecule has 0 aromatic heterocycles. The number of hydrogen-bond donors (Lipinski definition) is 2. The highest BCUT2D eigenvalue weighted by Crippen LogP contribution is 2.23. The first-order chi connectivity index (χ1) is 7.67. The highest BCUT2D eigenvalue weighted by molar-refractivity contribution is 6.30. The minimum Gasteiger partial charge on any atom is -0.399 e. The van der Waals surface area contributed by atoms with Crippen molar-refractivity contribution in [1.29, 1.82) is 0 Å². The second-order valence-electron chi connectivity index (χ2n) is 4.30. The second-order valence-corrected chi connectivity index (χ2v) is 4.74. The van der Waals surface area contributed by atoms with Gasteiger partial charge in [0, 0.05) is 30.4 Å². The number of hydrogen-bond acceptors (Lipinski definition) is 3. The Bertz CT molecular complexity index is 344. The van der Waals surface area contributed by atoms with Crippen LogP contribution in [0.15, 0.2) is 18.2 Å². The first kappa shape index (κ1) is 11.7. The maximum atomic E-state index is 5.93. The molecule has 1 aliphatic carbocycles. The van der Waals surface area contributed by atoms with Crippen molar-refractivity contribution in [3.05, 3.63) is 28.8 Å². The number of halogens is 1. The summed E-state index contributed by atoms with van der Waals surface area (Å²) in [5.74, 6) is 0. The molecule has 0 amide bonds. The topological polar surface area (TPSA) is 47.3 Å². The van der Waals surface area contributed by atoms with Crippen molar-refractivity contribution in [1.82, 2.24) is 5.32 Å². The Morgan fingerprint density at radius 2 is 2.19 bits per heavy atom. The molecule has 4 heteroatoms. The predicted octanol–water partition coefficient (Wildman–Crippen LogP) is 2.19. The molecule has 0 saturated heterocycles. The Morgan fingerprint density at radius 1 is 1.44 bits per heavy atom. The van der Waals surface area contributed by atoms with Gasteiger partial charge in [0.1, 0.15) is 0 Å². The molecule has 2 rings (SSSR count). The third-order valence-corrected chi connectivity index (χ3v) is 3.22. The highest BCUT2D eigenvalue weighted by atomic mass is 35.5. The summed E-state index contributed by atoms with van der Waals surface area (Å²) in [4.78, 5) is 0. The van der Waals surface area contributed by atoms with Gasteiger partial charge in [-0.15, -0.1) is 0 Å². The standard InChI is InChI=1S/C12H17ClN2O/c1-16-12-5-11(6-12)15-7-8-2-9(13)4-10(14)3-8/h2-4,11-12,15H,5-7,14H2,1H3. The van der Waals surface area contributed by atoms with E-state index in [4.69, 9.17) is 22.1 Å². The largest absolute Gasteiger partial charge is 0.399 e. The van der Waals surface area contributed by atoms with Gasteiger partial charge in [0.05, 0.1) is 6.10 Å². The van der Waals surface area contributed by atoms with Gasteiger partial charge in [-0.1, -0.05) is 11.6 Å². The van der Waals surface area contributed by atoms with Gasteiger partial charge in [0.15, 0.2) is 0 Å². The average molecular weight is 241 g/mol. The van der Waals surface area contributed by atoms with E-state index in [1.165, 1.54) is 0 Å². The number of nitrogens with two attached hydrogens (primary N) is 1. The average Bonchev–Trinajstić information content (AvgIpc) is 2.14. The molecule has 1 fully saturated rings. The fourth-order valence-electron chi connectivity index (χ4n) is 1.96. The molecule has 88 valence electrons. The lowest BCUT2D eigenvalue weighted by Gasteiger charge is -2.34. The molecule has 1 saturated carbocycles. The van der Waals surface area contributed by atoms with E-state index in [9.17, 15) is 0 Å². The number of methoxy groups -OCH3 is 1. The number of anilines is 1. The Labute approximate surface area is 101 Å².